The molecule has 0 aliphatic heterocycles. The highest BCUT2D eigenvalue weighted by molar-refractivity contribution is 7.80. The molecular formula is C26H36N2O5S. The number of thiol groups is 1. The summed E-state index contributed by atoms with van der Waals surface area (Å²) >= 11 is 3.93. The van der Waals surface area contributed by atoms with Gasteiger partial charge < -0.3 is 20.4 Å². The molecule has 4 aliphatic carbocycles. The zero-order valence-corrected chi connectivity index (χ0v) is 20.9. The molecular weight excluding hydrogens is 452 g/mol. The van der Waals surface area contributed by atoms with Gasteiger partial charge in [-0.3, -0.25) is 4.79 Å². The lowest BCUT2D eigenvalue weighted by Gasteiger charge is -2.58. The van der Waals surface area contributed by atoms with Crippen molar-refractivity contribution >= 4 is 30.2 Å². The van der Waals surface area contributed by atoms with Crippen LogP contribution in [0.25, 0.3) is 0 Å². The van der Waals surface area contributed by atoms with Crippen molar-refractivity contribution in [1.82, 2.24) is 5.32 Å². The van der Waals surface area contributed by atoms with Crippen LogP contribution < -0.4 is 5.32 Å². The Morgan fingerprint density at radius 2 is 2.00 bits per heavy atom. The number of hydrogen-bond acceptors (Lipinski definition) is 6. The second-order valence-electron chi connectivity index (χ2n) is 11.0. The molecule has 0 radical (unpaired) electrons. The summed E-state index contributed by atoms with van der Waals surface area (Å²) in [7, 11) is 0. The highest BCUT2D eigenvalue weighted by Crippen LogP contribution is 2.67. The minimum atomic E-state index is -1.13. The van der Waals surface area contributed by atoms with Crippen molar-refractivity contribution < 1.29 is 24.6 Å². The molecule has 0 aromatic heterocycles. The van der Waals surface area contributed by atoms with Gasteiger partial charge in [0.15, 0.2) is 6.61 Å². The average Bonchev–Trinajstić information content (AvgIpc) is 3.08. The summed E-state index contributed by atoms with van der Waals surface area (Å²) < 4.78 is 0. The van der Waals surface area contributed by atoms with Crippen LogP contribution in [0.15, 0.2) is 16.8 Å². The Morgan fingerprint density at radius 1 is 1.26 bits per heavy atom. The Bertz CT molecular complexity index is 957. The summed E-state index contributed by atoms with van der Waals surface area (Å²) in [6.07, 6.45) is 15.5. The number of allylic oxidation sites excluding steroid dienone is 2. The van der Waals surface area contributed by atoms with Crippen molar-refractivity contribution in [3.05, 3.63) is 11.6 Å². The van der Waals surface area contributed by atoms with Gasteiger partial charge in [-0.2, -0.15) is 12.6 Å². The van der Waals surface area contributed by atoms with Crippen LogP contribution in [0.2, 0.25) is 0 Å². The first kappa shape index (κ1) is 25.1. The first-order valence-corrected chi connectivity index (χ1v) is 12.9. The number of nitrogens with zero attached hydrogens (tertiary/aromatic N) is 1. The van der Waals surface area contributed by atoms with Gasteiger partial charge in [0.05, 0.1) is 5.71 Å². The Kier molecular flexibility index (Phi) is 6.82. The lowest BCUT2D eigenvalue weighted by Crippen LogP contribution is -2.54. The minimum Gasteiger partial charge on any atom is -0.480 e. The Hall–Kier alpha value is -1.98. The molecule has 8 heteroatoms. The number of fused-ring (bicyclic) bond motifs is 5. The number of aliphatic carboxylic acids is 1. The van der Waals surface area contributed by atoms with E-state index in [0.717, 1.165) is 50.7 Å². The van der Waals surface area contributed by atoms with Gasteiger partial charge in [0.1, 0.15) is 11.6 Å². The van der Waals surface area contributed by atoms with Crippen molar-refractivity contribution in [1.29, 1.82) is 0 Å². The van der Waals surface area contributed by atoms with Gasteiger partial charge in [0.25, 0.3) is 5.91 Å². The van der Waals surface area contributed by atoms with Crippen molar-refractivity contribution in [2.24, 2.45) is 33.7 Å². The van der Waals surface area contributed by atoms with E-state index < -0.39 is 23.5 Å². The third kappa shape index (κ3) is 4.05. The van der Waals surface area contributed by atoms with Crippen molar-refractivity contribution in [3.63, 3.8) is 0 Å². The molecule has 0 heterocycles. The standard InChI is InChI=1S/C26H36N2O5S/c1-4-26(32)12-9-20-18-6-5-16-13-17(28-33-14-22(29)27-21(15-34)23(30)31)7-10-24(16,2)19(18)8-11-25(20,26)3/h1,13,18-21,32,34H,5-12,14-15H2,2-3H3,(H,27,29)(H,30,31)/b28-17+/t18-,19+,20-,21+,24+,25+,26-/m1/s1. The van der Waals surface area contributed by atoms with Crippen LogP contribution in [0, 0.1) is 40.9 Å². The Labute approximate surface area is 207 Å². The molecule has 7 nitrogen and oxygen atoms in total. The zero-order valence-electron chi connectivity index (χ0n) is 20.0. The van der Waals surface area contributed by atoms with Crippen LogP contribution in [0.5, 0.6) is 0 Å². The van der Waals surface area contributed by atoms with Gasteiger partial charge >= 0.3 is 5.97 Å². The molecule has 186 valence electrons. The fourth-order valence-corrected chi connectivity index (χ4v) is 7.74. The zero-order chi connectivity index (χ0) is 24.7. The number of nitrogens with one attached hydrogen (secondary N) is 1. The van der Waals surface area contributed by atoms with E-state index in [-0.39, 0.29) is 23.2 Å². The van der Waals surface area contributed by atoms with Crippen molar-refractivity contribution in [2.45, 2.75) is 76.9 Å². The number of aliphatic hydroxyl groups is 1. The monoisotopic (exact) mass is 488 g/mol. The molecule has 0 spiro atoms. The molecule has 0 aromatic carbocycles. The van der Waals surface area contributed by atoms with E-state index in [9.17, 15) is 14.7 Å². The quantitative estimate of drug-likeness (QED) is 0.261. The van der Waals surface area contributed by atoms with Crippen molar-refractivity contribution in [2.75, 3.05) is 12.4 Å². The van der Waals surface area contributed by atoms with E-state index in [1.807, 2.05) is 0 Å². The molecule has 3 N–H and O–H groups in total. The van der Waals surface area contributed by atoms with Gasteiger partial charge in [-0.15, -0.1) is 6.42 Å². The second kappa shape index (κ2) is 9.23. The fourth-order valence-electron chi connectivity index (χ4n) is 7.49. The van der Waals surface area contributed by atoms with E-state index in [0.29, 0.717) is 24.2 Å². The summed E-state index contributed by atoms with van der Waals surface area (Å²) in [4.78, 5) is 28.2. The number of carbonyl (C=O) groups excluding carboxylic acids is 1. The molecule has 0 bridgehead atoms. The second-order valence-corrected chi connectivity index (χ2v) is 11.4. The number of carboxylic acids is 1. The predicted molar refractivity (Wildman–Crippen MR) is 132 cm³/mol. The first-order valence-electron chi connectivity index (χ1n) is 12.3. The van der Waals surface area contributed by atoms with Gasteiger partial charge in [-0.1, -0.05) is 30.5 Å². The van der Waals surface area contributed by atoms with Crippen LogP contribution >= 0.6 is 12.6 Å². The van der Waals surface area contributed by atoms with Gasteiger partial charge in [-0.05, 0) is 80.6 Å². The number of hydrogen-bond donors (Lipinski definition) is 4. The molecule has 0 unspecified atom stereocenters. The molecule has 0 saturated heterocycles. The van der Waals surface area contributed by atoms with E-state index in [4.69, 9.17) is 16.4 Å². The first-order chi connectivity index (χ1) is 16.1. The van der Waals surface area contributed by atoms with Crippen LogP contribution in [0.4, 0.5) is 0 Å². The van der Waals surface area contributed by atoms with E-state index in [1.54, 1.807) is 0 Å². The number of rotatable bonds is 6. The van der Waals surface area contributed by atoms with Crippen LogP contribution in [-0.4, -0.2) is 51.8 Å². The van der Waals surface area contributed by atoms with Gasteiger partial charge in [0.2, 0.25) is 0 Å². The highest BCUT2D eigenvalue weighted by atomic mass is 32.1. The van der Waals surface area contributed by atoms with E-state index in [2.05, 4.69) is 48.9 Å². The number of terminal acetylenes is 1. The number of carboxylic acid groups (broad SMARTS) is 1. The average molecular weight is 489 g/mol. The largest absolute Gasteiger partial charge is 0.480 e. The third-order valence-electron chi connectivity index (χ3n) is 9.56. The van der Waals surface area contributed by atoms with Gasteiger partial charge in [-0.25, -0.2) is 4.79 Å². The SMILES string of the molecule is C#C[C@@]1(O)CC[C@@H]2[C@@H]3CCC4=C/C(=N/OCC(=O)N[C@@H](CS)C(=O)O)CC[C@]4(C)[C@H]3CC[C@@]21C. The lowest BCUT2D eigenvalue weighted by atomic mass is 9.46. The normalized spacial score (nSPS) is 40.7. The lowest BCUT2D eigenvalue weighted by molar-refractivity contribution is -0.141. The van der Waals surface area contributed by atoms with Gasteiger partial charge in [0, 0.05) is 11.2 Å². The number of amides is 1. The maximum absolute atomic E-state index is 11.9. The summed E-state index contributed by atoms with van der Waals surface area (Å²) in [6, 6.07) is -1.05. The fraction of sp³-hybridized carbons (Fsp3) is 0.731. The van der Waals surface area contributed by atoms with Crippen LogP contribution in [-0.2, 0) is 14.4 Å². The molecule has 1 amide bonds. The molecule has 3 saturated carbocycles. The molecule has 4 aliphatic rings. The minimum absolute atomic E-state index is 0.00443. The van der Waals surface area contributed by atoms with Crippen molar-refractivity contribution in [3.8, 4) is 12.3 Å². The summed E-state index contributed by atoms with van der Waals surface area (Å²) in [5, 5.41) is 26.7. The number of carbonyl (C=O) groups is 2. The van der Waals surface area contributed by atoms with E-state index in [1.165, 1.54) is 5.57 Å². The van der Waals surface area contributed by atoms with Crippen LogP contribution in [0.1, 0.15) is 65.2 Å². The summed E-state index contributed by atoms with van der Waals surface area (Å²) in [5.74, 6) is 2.71. The maximum Gasteiger partial charge on any atom is 0.327 e. The number of oxime groups is 1. The molecule has 0 aromatic rings. The topological polar surface area (TPSA) is 108 Å². The smallest absolute Gasteiger partial charge is 0.327 e. The Morgan fingerprint density at radius 3 is 2.68 bits per heavy atom. The maximum atomic E-state index is 11.9. The molecule has 7 atom stereocenters. The highest BCUT2D eigenvalue weighted by Gasteiger charge is 2.63. The Balaban J connectivity index is 1.42. The summed E-state index contributed by atoms with van der Waals surface area (Å²) in [5.41, 5.74) is 1.17. The molecule has 3 fully saturated rings. The summed E-state index contributed by atoms with van der Waals surface area (Å²) in [6.45, 7) is 4.27. The molecule has 4 rings (SSSR count). The van der Waals surface area contributed by atoms with E-state index >= 15 is 0 Å². The predicted octanol–water partition coefficient (Wildman–Crippen LogP) is 3.19. The third-order valence-corrected chi connectivity index (χ3v) is 9.93. The molecule has 34 heavy (non-hydrogen) atoms. The van der Waals surface area contributed by atoms with Crippen LogP contribution in [0.3, 0.4) is 0 Å².